The summed E-state index contributed by atoms with van der Waals surface area (Å²) in [5.74, 6) is -1.48. The van der Waals surface area contributed by atoms with Crippen molar-refractivity contribution >= 4 is 28.0 Å². The number of para-hydroxylation sites is 1. The number of nitrogens with zero attached hydrogens (tertiary/aromatic N) is 4. The van der Waals surface area contributed by atoms with E-state index in [4.69, 9.17) is 5.73 Å². The quantitative estimate of drug-likeness (QED) is 0.439. The molecule has 168 valence electrons. The lowest BCUT2D eigenvalue weighted by atomic mass is 10.0. The first kappa shape index (κ1) is 21.2. The average molecular weight is 448 g/mol. The van der Waals surface area contributed by atoms with Gasteiger partial charge in [-0.1, -0.05) is 18.2 Å². The second kappa shape index (κ2) is 8.68. The lowest BCUT2D eigenvalue weighted by Crippen LogP contribution is -2.51. The SMILES string of the molecule is NC1CN(c2ccncc2Nc2cccc3cnc(-c4c(F)cccc4F)nc23)CCC1O. The molecule has 1 aliphatic heterocycles. The smallest absolute Gasteiger partial charge is 0.165 e. The van der Waals surface area contributed by atoms with Crippen molar-refractivity contribution in [3.05, 3.63) is 72.7 Å². The number of rotatable bonds is 4. The zero-order valence-corrected chi connectivity index (χ0v) is 17.6. The van der Waals surface area contributed by atoms with Crippen molar-refractivity contribution in [2.45, 2.75) is 18.6 Å². The van der Waals surface area contributed by atoms with Gasteiger partial charge in [-0.15, -0.1) is 0 Å². The number of nitrogens with two attached hydrogens (primary N) is 1. The Hall–Kier alpha value is -3.69. The summed E-state index contributed by atoms with van der Waals surface area (Å²) in [7, 11) is 0. The fraction of sp³-hybridized carbons (Fsp3) is 0.208. The number of halogens is 2. The van der Waals surface area contributed by atoms with E-state index in [0.717, 1.165) is 11.4 Å². The summed E-state index contributed by atoms with van der Waals surface area (Å²) in [5.41, 5.74) is 8.58. The molecule has 0 saturated carbocycles. The molecule has 9 heteroatoms. The van der Waals surface area contributed by atoms with Crippen molar-refractivity contribution in [2.24, 2.45) is 5.73 Å². The molecule has 7 nitrogen and oxygen atoms in total. The van der Waals surface area contributed by atoms with Crippen LogP contribution in [0.3, 0.4) is 0 Å². The number of pyridine rings is 1. The number of aliphatic hydroxyl groups excluding tert-OH is 1. The van der Waals surface area contributed by atoms with E-state index in [-0.39, 0.29) is 17.4 Å². The van der Waals surface area contributed by atoms with Gasteiger partial charge in [0.25, 0.3) is 0 Å². The highest BCUT2D eigenvalue weighted by Crippen LogP contribution is 2.33. The number of hydrogen-bond acceptors (Lipinski definition) is 7. The third kappa shape index (κ3) is 4.08. The van der Waals surface area contributed by atoms with Crippen LogP contribution in [0.15, 0.2) is 61.1 Å². The lowest BCUT2D eigenvalue weighted by molar-refractivity contribution is 0.124. The summed E-state index contributed by atoms with van der Waals surface area (Å²) in [6, 6.07) is 10.7. The third-order valence-electron chi connectivity index (χ3n) is 5.83. The van der Waals surface area contributed by atoms with Crippen LogP contribution in [0.2, 0.25) is 0 Å². The molecule has 0 bridgehead atoms. The maximum absolute atomic E-state index is 14.3. The molecule has 2 atom stereocenters. The summed E-state index contributed by atoms with van der Waals surface area (Å²) in [4.78, 5) is 15.0. The first-order valence-corrected chi connectivity index (χ1v) is 10.6. The van der Waals surface area contributed by atoms with Crippen molar-refractivity contribution in [1.82, 2.24) is 15.0 Å². The number of benzene rings is 2. The molecule has 4 aromatic rings. The molecule has 5 rings (SSSR count). The van der Waals surface area contributed by atoms with Gasteiger partial charge in [-0.3, -0.25) is 4.98 Å². The molecule has 4 N–H and O–H groups in total. The maximum atomic E-state index is 14.3. The summed E-state index contributed by atoms with van der Waals surface area (Å²) in [5, 5.41) is 14.1. The number of anilines is 3. The highest BCUT2D eigenvalue weighted by molar-refractivity contribution is 5.93. The minimum Gasteiger partial charge on any atom is -0.391 e. The Morgan fingerprint density at radius 2 is 1.82 bits per heavy atom. The van der Waals surface area contributed by atoms with Crippen molar-refractivity contribution in [3.8, 4) is 11.4 Å². The van der Waals surface area contributed by atoms with Crippen molar-refractivity contribution in [1.29, 1.82) is 0 Å². The zero-order chi connectivity index (χ0) is 22.9. The van der Waals surface area contributed by atoms with Gasteiger partial charge in [0.1, 0.15) is 11.6 Å². The topological polar surface area (TPSA) is 100 Å². The Kier molecular flexibility index (Phi) is 5.57. The molecule has 33 heavy (non-hydrogen) atoms. The van der Waals surface area contributed by atoms with Gasteiger partial charge in [-0.05, 0) is 30.7 Å². The summed E-state index contributed by atoms with van der Waals surface area (Å²) >= 11 is 0. The predicted molar refractivity (Wildman–Crippen MR) is 123 cm³/mol. The highest BCUT2D eigenvalue weighted by atomic mass is 19.1. The molecule has 0 radical (unpaired) electrons. The van der Waals surface area contributed by atoms with Gasteiger partial charge in [-0.2, -0.15) is 0 Å². The molecule has 0 amide bonds. The number of fused-ring (bicyclic) bond motifs is 1. The molecule has 0 spiro atoms. The van der Waals surface area contributed by atoms with E-state index in [2.05, 4.69) is 25.2 Å². The standard InChI is InChI=1S/C24H22F2N6O/c25-15-4-2-5-16(26)22(15)24-29-11-14-3-1-6-18(23(14)31-24)30-19-12-28-9-7-20(19)32-10-8-21(33)17(27)13-32/h1-7,9,11-12,17,21,30,33H,8,10,13,27H2. The Balaban J connectivity index is 1.54. The van der Waals surface area contributed by atoms with Gasteiger partial charge in [0, 0.05) is 36.9 Å². The van der Waals surface area contributed by atoms with E-state index in [9.17, 15) is 13.9 Å². The Morgan fingerprint density at radius 3 is 2.61 bits per heavy atom. The monoisotopic (exact) mass is 448 g/mol. The van der Waals surface area contributed by atoms with Crippen LogP contribution in [0.5, 0.6) is 0 Å². The van der Waals surface area contributed by atoms with E-state index in [1.807, 2.05) is 24.3 Å². The summed E-state index contributed by atoms with van der Waals surface area (Å²) < 4.78 is 28.6. The van der Waals surface area contributed by atoms with Gasteiger partial charge in [0.15, 0.2) is 5.82 Å². The molecular weight excluding hydrogens is 426 g/mol. The number of hydrogen-bond donors (Lipinski definition) is 3. The Morgan fingerprint density at radius 1 is 1.03 bits per heavy atom. The van der Waals surface area contributed by atoms with Crippen LogP contribution in [-0.4, -0.2) is 45.3 Å². The van der Waals surface area contributed by atoms with Crippen molar-refractivity contribution in [3.63, 3.8) is 0 Å². The van der Waals surface area contributed by atoms with Gasteiger partial charge >= 0.3 is 0 Å². The van der Waals surface area contributed by atoms with E-state index in [1.165, 1.54) is 18.2 Å². The zero-order valence-electron chi connectivity index (χ0n) is 17.6. The predicted octanol–water partition coefficient (Wildman–Crippen LogP) is 3.61. The lowest BCUT2D eigenvalue weighted by Gasteiger charge is -2.36. The molecule has 3 heterocycles. The number of aromatic nitrogens is 3. The van der Waals surface area contributed by atoms with Gasteiger partial charge in [-0.25, -0.2) is 18.7 Å². The van der Waals surface area contributed by atoms with E-state index in [1.54, 1.807) is 18.6 Å². The van der Waals surface area contributed by atoms with Crippen LogP contribution in [0, 0.1) is 11.6 Å². The van der Waals surface area contributed by atoms with Crippen LogP contribution in [0.4, 0.5) is 25.8 Å². The van der Waals surface area contributed by atoms with Gasteiger partial charge in [0.05, 0.1) is 40.4 Å². The second-order valence-corrected chi connectivity index (χ2v) is 8.02. The van der Waals surface area contributed by atoms with Crippen molar-refractivity contribution < 1.29 is 13.9 Å². The first-order valence-electron chi connectivity index (χ1n) is 10.6. The van der Waals surface area contributed by atoms with E-state index < -0.39 is 17.7 Å². The molecular formula is C24H22F2N6O. The molecule has 2 unspecified atom stereocenters. The Bertz CT molecular complexity index is 1300. The highest BCUT2D eigenvalue weighted by Gasteiger charge is 2.26. The normalized spacial score (nSPS) is 18.5. The number of nitrogens with one attached hydrogen (secondary N) is 1. The molecule has 0 aliphatic carbocycles. The van der Waals surface area contributed by atoms with Crippen LogP contribution in [-0.2, 0) is 0 Å². The third-order valence-corrected chi connectivity index (χ3v) is 5.83. The number of piperidine rings is 1. The molecule has 1 saturated heterocycles. The fourth-order valence-electron chi connectivity index (χ4n) is 4.08. The van der Waals surface area contributed by atoms with Crippen LogP contribution in [0.25, 0.3) is 22.3 Å². The minimum absolute atomic E-state index is 0.0326. The number of aliphatic hydroxyl groups is 1. The van der Waals surface area contributed by atoms with Gasteiger partial charge in [0.2, 0.25) is 0 Å². The molecule has 2 aromatic heterocycles. The maximum Gasteiger partial charge on any atom is 0.165 e. The second-order valence-electron chi connectivity index (χ2n) is 8.02. The first-order chi connectivity index (χ1) is 16.0. The van der Waals surface area contributed by atoms with Crippen molar-refractivity contribution in [2.75, 3.05) is 23.3 Å². The Labute approximate surface area is 188 Å². The largest absolute Gasteiger partial charge is 0.391 e. The molecule has 2 aromatic carbocycles. The van der Waals surface area contributed by atoms with Crippen LogP contribution < -0.4 is 16.0 Å². The molecule has 1 aliphatic rings. The van der Waals surface area contributed by atoms with Gasteiger partial charge < -0.3 is 21.1 Å². The average Bonchev–Trinajstić information content (AvgIpc) is 2.81. The minimum atomic E-state index is -0.724. The fourth-order valence-corrected chi connectivity index (χ4v) is 4.08. The van der Waals surface area contributed by atoms with E-state index >= 15 is 0 Å². The summed E-state index contributed by atoms with van der Waals surface area (Å²) in [6.45, 7) is 1.16. The van der Waals surface area contributed by atoms with Crippen LogP contribution in [0.1, 0.15) is 6.42 Å². The summed E-state index contributed by atoms with van der Waals surface area (Å²) in [6.07, 6.45) is 4.99. The molecule has 1 fully saturated rings. The van der Waals surface area contributed by atoms with Crippen LogP contribution >= 0.6 is 0 Å². The van der Waals surface area contributed by atoms with E-state index in [0.29, 0.717) is 36.1 Å².